The number of amides is 1. The number of hydrogen-bond acceptors (Lipinski definition) is 5. The molecule has 0 aromatic heterocycles. The van der Waals surface area contributed by atoms with E-state index in [1.54, 1.807) is 4.90 Å². The molecule has 1 amide bonds. The lowest BCUT2D eigenvalue weighted by Crippen LogP contribution is -2.42. The molecule has 2 saturated heterocycles. The number of carbonyl (C=O) groups excluding carboxylic acids is 2. The number of carbonyl (C=O) groups is 2. The minimum Gasteiger partial charge on any atom is -0.452 e. The fourth-order valence-electron chi connectivity index (χ4n) is 4.27. The second kappa shape index (κ2) is 9.47. The van der Waals surface area contributed by atoms with Gasteiger partial charge in [0.2, 0.25) is 10.0 Å². The molecule has 1 aromatic rings. The van der Waals surface area contributed by atoms with Crippen molar-refractivity contribution in [2.75, 3.05) is 32.8 Å². The second-order valence-electron chi connectivity index (χ2n) is 8.93. The van der Waals surface area contributed by atoms with Crippen LogP contribution in [0.2, 0.25) is 0 Å². The van der Waals surface area contributed by atoms with E-state index < -0.39 is 16.0 Å². The van der Waals surface area contributed by atoms with Crippen LogP contribution in [0.5, 0.6) is 0 Å². The molecule has 2 fully saturated rings. The first kappa shape index (κ1) is 22.7. The average Bonchev–Trinajstić information content (AvgIpc) is 2.71. The fourth-order valence-corrected chi connectivity index (χ4v) is 5.95. The third-order valence-corrected chi connectivity index (χ3v) is 7.87. The summed E-state index contributed by atoms with van der Waals surface area (Å²) in [4.78, 5) is 26.4. The van der Waals surface area contributed by atoms with E-state index in [0.29, 0.717) is 43.9 Å². The van der Waals surface area contributed by atoms with Crippen molar-refractivity contribution in [2.24, 2.45) is 17.8 Å². The van der Waals surface area contributed by atoms with Gasteiger partial charge in [0, 0.05) is 26.2 Å². The Hall–Kier alpha value is -1.93. The summed E-state index contributed by atoms with van der Waals surface area (Å²) >= 11 is 0. The van der Waals surface area contributed by atoms with E-state index in [9.17, 15) is 18.0 Å². The molecule has 3 rings (SSSR count). The lowest BCUT2D eigenvalue weighted by atomic mass is 9.94. The highest BCUT2D eigenvalue weighted by Crippen LogP contribution is 2.26. The maximum atomic E-state index is 12.9. The highest BCUT2D eigenvalue weighted by atomic mass is 32.2. The Morgan fingerprint density at radius 1 is 0.967 bits per heavy atom. The Labute approximate surface area is 179 Å². The number of sulfonamides is 1. The number of rotatable bonds is 5. The van der Waals surface area contributed by atoms with Crippen LogP contribution < -0.4 is 0 Å². The molecule has 2 atom stereocenters. The maximum absolute atomic E-state index is 12.9. The van der Waals surface area contributed by atoms with E-state index in [4.69, 9.17) is 4.74 Å². The van der Waals surface area contributed by atoms with Gasteiger partial charge in [-0.3, -0.25) is 4.79 Å². The first-order chi connectivity index (χ1) is 14.2. The SMILES string of the molecule is CC1CCN(C(=O)COC(=O)c2ccc(S(=O)(=O)N3C[C@@H](C)C[C@H](C)C3)cc2)CC1. The summed E-state index contributed by atoms with van der Waals surface area (Å²) in [5, 5.41) is 0. The molecular formula is C22H32N2O5S. The van der Waals surface area contributed by atoms with Crippen LogP contribution in [0.4, 0.5) is 0 Å². The molecule has 0 unspecified atom stereocenters. The van der Waals surface area contributed by atoms with E-state index in [1.165, 1.54) is 28.6 Å². The van der Waals surface area contributed by atoms with E-state index in [-0.39, 0.29) is 23.0 Å². The van der Waals surface area contributed by atoms with Crippen molar-refractivity contribution >= 4 is 21.9 Å². The predicted molar refractivity (Wildman–Crippen MR) is 113 cm³/mol. The van der Waals surface area contributed by atoms with E-state index in [0.717, 1.165) is 19.3 Å². The third-order valence-electron chi connectivity index (χ3n) is 6.03. The summed E-state index contributed by atoms with van der Waals surface area (Å²) in [6.45, 7) is 8.39. The van der Waals surface area contributed by atoms with E-state index in [1.807, 2.05) is 0 Å². The predicted octanol–water partition coefficient (Wildman–Crippen LogP) is 2.77. The van der Waals surface area contributed by atoms with E-state index >= 15 is 0 Å². The van der Waals surface area contributed by atoms with Crippen LogP contribution in [0.15, 0.2) is 29.2 Å². The molecule has 1 aromatic carbocycles. The molecule has 0 spiro atoms. The first-order valence-corrected chi connectivity index (χ1v) is 12.2. The van der Waals surface area contributed by atoms with Gasteiger partial charge in [0.25, 0.3) is 5.91 Å². The quantitative estimate of drug-likeness (QED) is 0.663. The minimum absolute atomic E-state index is 0.166. The number of esters is 1. The van der Waals surface area contributed by atoms with Crippen LogP contribution in [0.25, 0.3) is 0 Å². The monoisotopic (exact) mass is 436 g/mol. The van der Waals surface area contributed by atoms with Crippen molar-refractivity contribution in [1.29, 1.82) is 0 Å². The number of nitrogens with zero attached hydrogens (tertiary/aromatic N) is 2. The topological polar surface area (TPSA) is 84.0 Å². The zero-order valence-electron chi connectivity index (χ0n) is 18.0. The molecule has 0 bridgehead atoms. The molecule has 0 saturated carbocycles. The smallest absolute Gasteiger partial charge is 0.338 e. The number of ether oxygens (including phenoxy) is 1. The van der Waals surface area contributed by atoms with Crippen molar-refractivity contribution in [2.45, 2.75) is 44.9 Å². The zero-order chi connectivity index (χ0) is 21.9. The van der Waals surface area contributed by atoms with Crippen molar-refractivity contribution in [3.05, 3.63) is 29.8 Å². The van der Waals surface area contributed by atoms with Gasteiger partial charge in [-0.25, -0.2) is 13.2 Å². The fraction of sp³-hybridized carbons (Fsp3) is 0.636. The van der Waals surface area contributed by atoms with Gasteiger partial charge in [0.05, 0.1) is 10.5 Å². The zero-order valence-corrected chi connectivity index (χ0v) is 18.9. The standard InChI is InChI=1S/C22H32N2O5S/c1-16-8-10-23(11-9-16)21(25)15-29-22(26)19-4-6-20(7-5-19)30(27,28)24-13-17(2)12-18(3)14-24/h4-7,16-18H,8-15H2,1-3H3/t17-,18-/m0/s1. The summed E-state index contributed by atoms with van der Waals surface area (Å²) in [7, 11) is -3.59. The molecule has 30 heavy (non-hydrogen) atoms. The lowest BCUT2D eigenvalue weighted by Gasteiger charge is -2.34. The second-order valence-corrected chi connectivity index (χ2v) is 10.9. The average molecular weight is 437 g/mol. The van der Waals surface area contributed by atoms with Crippen LogP contribution in [-0.4, -0.2) is 62.3 Å². The molecule has 7 nitrogen and oxygen atoms in total. The van der Waals surface area contributed by atoms with Gasteiger partial charge in [-0.1, -0.05) is 20.8 Å². The van der Waals surface area contributed by atoms with Crippen LogP contribution in [-0.2, 0) is 19.6 Å². The molecular weight excluding hydrogens is 404 g/mol. The molecule has 166 valence electrons. The van der Waals surface area contributed by atoms with E-state index in [2.05, 4.69) is 20.8 Å². The summed E-state index contributed by atoms with van der Waals surface area (Å²) in [6.07, 6.45) is 2.94. The molecule has 2 heterocycles. The van der Waals surface area contributed by atoms with Crippen molar-refractivity contribution in [3.63, 3.8) is 0 Å². The van der Waals surface area contributed by atoms with Crippen molar-refractivity contribution in [1.82, 2.24) is 9.21 Å². The van der Waals surface area contributed by atoms with Gasteiger partial charge in [-0.05, 0) is 61.3 Å². The van der Waals surface area contributed by atoms with Gasteiger partial charge >= 0.3 is 5.97 Å². The Balaban J connectivity index is 1.58. The molecule has 2 aliphatic rings. The summed E-state index contributed by atoms with van der Waals surface area (Å²) in [5.41, 5.74) is 0.231. The first-order valence-electron chi connectivity index (χ1n) is 10.7. The molecule has 8 heteroatoms. The Bertz CT molecular complexity index is 850. The number of benzene rings is 1. The molecule has 2 aliphatic heterocycles. The summed E-state index contributed by atoms with van der Waals surface area (Å²) in [5.74, 6) is 0.431. The van der Waals surface area contributed by atoms with Gasteiger partial charge in [0.15, 0.2) is 6.61 Å². The van der Waals surface area contributed by atoms with Gasteiger partial charge in [-0.2, -0.15) is 4.31 Å². The largest absolute Gasteiger partial charge is 0.452 e. The summed E-state index contributed by atoms with van der Waals surface area (Å²) < 4.78 is 32.5. The Morgan fingerprint density at radius 3 is 2.10 bits per heavy atom. The Morgan fingerprint density at radius 2 is 1.53 bits per heavy atom. The normalized spacial score (nSPS) is 23.9. The molecule has 0 N–H and O–H groups in total. The molecule has 0 aliphatic carbocycles. The summed E-state index contributed by atoms with van der Waals surface area (Å²) in [6, 6.07) is 5.76. The van der Waals surface area contributed by atoms with Crippen LogP contribution in [0.1, 0.15) is 50.4 Å². The van der Waals surface area contributed by atoms with Gasteiger partial charge in [-0.15, -0.1) is 0 Å². The Kier molecular flexibility index (Phi) is 7.18. The van der Waals surface area contributed by atoms with Crippen LogP contribution in [0.3, 0.4) is 0 Å². The number of piperidine rings is 2. The number of likely N-dealkylation sites (tertiary alicyclic amines) is 1. The van der Waals surface area contributed by atoms with Crippen LogP contribution in [0, 0.1) is 17.8 Å². The minimum atomic E-state index is -3.59. The highest BCUT2D eigenvalue weighted by molar-refractivity contribution is 7.89. The highest BCUT2D eigenvalue weighted by Gasteiger charge is 2.31. The van der Waals surface area contributed by atoms with Gasteiger partial charge < -0.3 is 9.64 Å². The van der Waals surface area contributed by atoms with Gasteiger partial charge in [0.1, 0.15) is 0 Å². The maximum Gasteiger partial charge on any atom is 0.338 e. The number of hydrogen-bond donors (Lipinski definition) is 0. The molecule has 0 radical (unpaired) electrons. The van der Waals surface area contributed by atoms with Crippen LogP contribution >= 0.6 is 0 Å². The third kappa shape index (κ3) is 5.40. The van der Waals surface area contributed by atoms with Crippen molar-refractivity contribution < 1.29 is 22.7 Å². The lowest BCUT2D eigenvalue weighted by molar-refractivity contribution is -0.135. The van der Waals surface area contributed by atoms with Crippen molar-refractivity contribution in [3.8, 4) is 0 Å².